The van der Waals surface area contributed by atoms with Gasteiger partial charge in [0.15, 0.2) is 5.78 Å². The zero-order chi connectivity index (χ0) is 20.0. The van der Waals surface area contributed by atoms with Crippen molar-refractivity contribution in [3.8, 4) is 11.5 Å². The van der Waals surface area contributed by atoms with Gasteiger partial charge in [0.25, 0.3) is 0 Å². The fourth-order valence-electron chi connectivity index (χ4n) is 2.75. The second kappa shape index (κ2) is 9.98. The maximum atomic E-state index is 11.7. The second-order valence-electron chi connectivity index (χ2n) is 6.81. The first-order valence-electron chi connectivity index (χ1n) is 8.96. The molecule has 0 unspecified atom stereocenters. The summed E-state index contributed by atoms with van der Waals surface area (Å²) >= 11 is 12.8. The van der Waals surface area contributed by atoms with Crippen LogP contribution in [0.2, 0.25) is 10.0 Å². The van der Waals surface area contributed by atoms with Crippen molar-refractivity contribution >= 4 is 29.0 Å². The summed E-state index contributed by atoms with van der Waals surface area (Å²) in [7, 11) is 0. The minimum atomic E-state index is -0.0261. The molecule has 2 aromatic rings. The first kappa shape index (κ1) is 21.5. The van der Waals surface area contributed by atoms with Crippen molar-refractivity contribution in [2.75, 3.05) is 13.2 Å². The van der Waals surface area contributed by atoms with Crippen LogP contribution in [-0.2, 0) is 11.2 Å². The predicted molar refractivity (Wildman–Crippen MR) is 110 cm³/mol. The molecule has 0 amide bonds. The van der Waals surface area contributed by atoms with E-state index in [0.29, 0.717) is 41.6 Å². The van der Waals surface area contributed by atoms with Gasteiger partial charge in [-0.1, -0.05) is 49.2 Å². The molecule has 0 aliphatic heterocycles. The second-order valence-corrected chi connectivity index (χ2v) is 7.62. The van der Waals surface area contributed by atoms with Gasteiger partial charge in [0.05, 0.1) is 0 Å². The van der Waals surface area contributed by atoms with Crippen molar-refractivity contribution in [1.82, 2.24) is 0 Å². The van der Waals surface area contributed by atoms with Crippen molar-refractivity contribution in [3.05, 3.63) is 57.1 Å². The highest BCUT2D eigenvalue weighted by molar-refractivity contribution is 6.36. The number of hydrogen-bond acceptors (Lipinski definition) is 4. The number of halogens is 2. The van der Waals surface area contributed by atoms with Crippen LogP contribution in [0.1, 0.15) is 49.3 Å². The molecular weight excluding hydrogens is 385 g/mol. The molecule has 6 heteroatoms. The van der Waals surface area contributed by atoms with E-state index in [1.165, 1.54) is 0 Å². The summed E-state index contributed by atoms with van der Waals surface area (Å²) in [5, 5.41) is 10.9. The van der Waals surface area contributed by atoms with Gasteiger partial charge in [-0.2, -0.15) is 0 Å². The fraction of sp³-hybridized carbons (Fsp3) is 0.381. The molecule has 0 aliphatic carbocycles. The monoisotopic (exact) mass is 409 g/mol. The van der Waals surface area contributed by atoms with Gasteiger partial charge in [0.2, 0.25) is 0 Å². The Morgan fingerprint density at radius 3 is 2.44 bits per heavy atom. The molecule has 27 heavy (non-hydrogen) atoms. The highest BCUT2D eigenvalue weighted by Crippen LogP contribution is 2.34. The average Bonchev–Trinajstić information content (AvgIpc) is 2.62. The number of ketones is 1. The zero-order valence-corrected chi connectivity index (χ0v) is 17.1. The van der Waals surface area contributed by atoms with Gasteiger partial charge in [-0.05, 0) is 53.8 Å². The molecule has 4 nitrogen and oxygen atoms in total. The molecule has 0 bridgehead atoms. The van der Waals surface area contributed by atoms with E-state index in [9.17, 15) is 9.90 Å². The number of phenols is 1. The Hall–Kier alpha value is -1.75. The molecule has 0 saturated heterocycles. The van der Waals surface area contributed by atoms with Crippen LogP contribution in [0.4, 0.5) is 0 Å². The van der Waals surface area contributed by atoms with Crippen molar-refractivity contribution in [3.63, 3.8) is 0 Å². The Kier molecular flexibility index (Phi) is 7.96. The van der Waals surface area contributed by atoms with Crippen LogP contribution in [0.5, 0.6) is 11.5 Å². The molecule has 146 valence electrons. The molecule has 3 N–H and O–H groups in total. The molecule has 2 rings (SSSR count). The zero-order valence-electron chi connectivity index (χ0n) is 15.6. The molecular formula is C21H25Cl2NO3. The Labute approximate surface area is 170 Å². The summed E-state index contributed by atoms with van der Waals surface area (Å²) < 4.78 is 5.51. The molecule has 2 aromatic carbocycles. The van der Waals surface area contributed by atoms with Crippen LogP contribution >= 0.6 is 23.2 Å². The van der Waals surface area contributed by atoms with Gasteiger partial charge in [-0.15, -0.1) is 0 Å². The molecule has 0 heterocycles. The number of carbonyl (C=O) groups excluding carboxylic acids is 1. The van der Waals surface area contributed by atoms with Crippen LogP contribution in [0.3, 0.4) is 0 Å². The predicted octanol–water partition coefficient (Wildman–Crippen LogP) is 5.10. The van der Waals surface area contributed by atoms with Crippen LogP contribution in [0, 0.1) is 0 Å². The third kappa shape index (κ3) is 6.13. The quantitative estimate of drug-likeness (QED) is 0.603. The third-order valence-corrected chi connectivity index (χ3v) is 4.94. The number of hydrogen-bond donors (Lipinski definition) is 2. The topological polar surface area (TPSA) is 72.5 Å². The summed E-state index contributed by atoms with van der Waals surface area (Å²) in [4.78, 5) is 11.7. The van der Waals surface area contributed by atoms with Gasteiger partial charge in [-0.25, -0.2) is 0 Å². The van der Waals surface area contributed by atoms with E-state index in [1.807, 2.05) is 26.0 Å². The van der Waals surface area contributed by atoms with Gasteiger partial charge >= 0.3 is 0 Å². The maximum absolute atomic E-state index is 11.7. The molecule has 0 spiro atoms. The van der Waals surface area contributed by atoms with Gasteiger partial charge in [0.1, 0.15) is 18.1 Å². The van der Waals surface area contributed by atoms with Crippen LogP contribution in [0.25, 0.3) is 0 Å². The number of benzene rings is 2. The lowest BCUT2D eigenvalue weighted by atomic mass is 9.96. The fourth-order valence-corrected chi connectivity index (χ4v) is 3.35. The minimum absolute atomic E-state index is 0.0120. The highest BCUT2D eigenvalue weighted by Gasteiger charge is 2.13. The van der Waals surface area contributed by atoms with E-state index in [4.69, 9.17) is 33.7 Å². The van der Waals surface area contributed by atoms with Crippen molar-refractivity contribution in [1.29, 1.82) is 0 Å². The largest absolute Gasteiger partial charge is 0.508 e. The van der Waals surface area contributed by atoms with Crippen molar-refractivity contribution in [2.45, 2.75) is 39.0 Å². The van der Waals surface area contributed by atoms with E-state index in [2.05, 4.69) is 0 Å². The van der Waals surface area contributed by atoms with Crippen LogP contribution < -0.4 is 10.5 Å². The SMILES string of the molecule is CC(C)c1cc(Cc2c(Cl)cc(OCC(=O)CCCN)cc2Cl)ccc1O. The number of aromatic hydroxyl groups is 1. The molecule has 0 saturated carbocycles. The molecule has 0 radical (unpaired) electrons. The molecule has 0 fully saturated rings. The smallest absolute Gasteiger partial charge is 0.170 e. The molecule has 0 atom stereocenters. The first-order chi connectivity index (χ1) is 12.8. The van der Waals surface area contributed by atoms with Gasteiger partial charge < -0.3 is 15.6 Å². The van der Waals surface area contributed by atoms with Crippen LogP contribution in [-0.4, -0.2) is 24.0 Å². The number of Topliss-reactive ketones (excluding diaryl/α,β-unsaturated/α-hetero) is 1. The Bertz CT molecular complexity index is 783. The third-order valence-electron chi connectivity index (χ3n) is 4.27. The van der Waals surface area contributed by atoms with Crippen molar-refractivity contribution in [2.24, 2.45) is 5.73 Å². The van der Waals surface area contributed by atoms with E-state index >= 15 is 0 Å². The minimum Gasteiger partial charge on any atom is -0.508 e. The number of ether oxygens (including phenoxy) is 1. The summed E-state index contributed by atoms with van der Waals surface area (Å²) in [5.74, 6) is 0.947. The van der Waals surface area contributed by atoms with Crippen LogP contribution in [0.15, 0.2) is 30.3 Å². The van der Waals surface area contributed by atoms with E-state index in [1.54, 1.807) is 18.2 Å². The lowest BCUT2D eigenvalue weighted by Crippen LogP contribution is -2.13. The first-order valence-corrected chi connectivity index (χ1v) is 9.71. The summed E-state index contributed by atoms with van der Waals surface area (Å²) in [6.07, 6.45) is 1.58. The van der Waals surface area contributed by atoms with Crippen molar-refractivity contribution < 1.29 is 14.6 Å². The number of rotatable bonds is 9. The summed E-state index contributed by atoms with van der Waals surface area (Å²) in [5.41, 5.74) is 8.06. The van der Waals surface area contributed by atoms with E-state index in [-0.39, 0.29) is 24.1 Å². The lowest BCUT2D eigenvalue weighted by Gasteiger charge is -2.14. The molecule has 0 aliphatic rings. The molecule has 0 aromatic heterocycles. The normalized spacial score (nSPS) is 11.0. The number of nitrogens with two attached hydrogens (primary N) is 1. The standard InChI is InChI=1S/C21H25Cl2NO3/c1-13(2)17-8-14(5-6-21(17)26)9-18-19(22)10-16(11-20(18)23)27-12-15(25)4-3-7-24/h5-6,8,10-11,13,26H,3-4,7,9,12,24H2,1-2H3. The average molecular weight is 410 g/mol. The van der Waals surface area contributed by atoms with E-state index < -0.39 is 0 Å². The number of phenolic OH excluding ortho intramolecular Hbond substituents is 1. The number of carbonyl (C=O) groups is 1. The van der Waals surface area contributed by atoms with Gasteiger partial charge in [-0.3, -0.25) is 4.79 Å². The summed E-state index contributed by atoms with van der Waals surface area (Å²) in [6.45, 7) is 4.51. The highest BCUT2D eigenvalue weighted by atomic mass is 35.5. The summed E-state index contributed by atoms with van der Waals surface area (Å²) in [6, 6.07) is 8.85. The van der Waals surface area contributed by atoms with Gasteiger partial charge in [0, 0.05) is 22.9 Å². The lowest BCUT2D eigenvalue weighted by molar-refractivity contribution is -0.121. The van der Waals surface area contributed by atoms with E-state index in [0.717, 1.165) is 16.7 Å². The Morgan fingerprint density at radius 2 is 1.85 bits per heavy atom. The Balaban J connectivity index is 2.13. The Morgan fingerprint density at radius 1 is 1.19 bits per heavy atom. The maximum Gasteiger partial charge on any atom is 0.170 e.